The van der Waals surface area contributed by atoms with Gasteiger partial charge < -0.3 is 19.8 Å². The number of aliphatic carboxylic acids is 2. The first-order valence-electron chi connectivity index (χ1n) is 12.6. The van der Waals surface area contributed by atoms with E-state index in [0.717, 1.165) is 0 Å². The van der Waals surface area contributed by atoms with E-state index in [1.807, 2.05) is 0 Å². The molecule has 4 nitrogen and oxygen atoms in total. The average molecular weight is 745 g/mol. The summed E-state index contributed by atoms with van der Waals surface area (Å²) >= 11 is 0. The van der Waals surface area contributed by atoms with Crippen LogP contribution in [0.15, 0.2) is 121 Å². The van der Waals surface area contributed by atoms with E-state index in [0.29, 0.717) is 0 Å². The summed E-state index contributed by atoms with van der Waals surface area (Å²) in [5.41, 5.74) is 0. The number of alkyl halides is 6. The van der Waals surface area contributed by atoms with Crippen molar-refractivity contribution >= 4 is 49.0 Å². The normalized spacial score (nSPS) is 10.9. The first-order chi connectivity index (χ1) is 20.3. The Morgan fingerprint density at radius 1 is 0.477 bits per heavy atom. The molecule has 44 heavy (non-hydrogen) atoms. The Morgan fingerprint density at radius 2 is 0.659 bits per heavy atom. The molecular formula is C31H26F6O4P2Pd. The summed E-state index contributed by atoms with van der Waals surface area (Å²) in [7, 11) is -0.618. The molecule has 13 heteroatoms. The Balaban J connectivity index is 0.000000541. The molecule has 0 saturated heterocycles. The molecule has 4 rings (SSSR count). The molecule has 0 fully saturated rings. The maximum Gasteiger partial charge on any atom is 2.00 e. The first-order valence-corrected chi connectivity index (χ1v) is 15.7. The van der Waals surface area contributed by atoms with Gasteiger partial charge in [0.2, 0.25) is 0 Å². The van der Waals surface area contributed by atoms with Crippen LogP contribution < -0.4 is 31.4 Å². The minimum absolute atomic E-state index is 0. The second-order valence-electron chi connectivity index (χ2n) is 8.57. The maximum absolute atomic E-state index is 10.5. The molecule has 0 aliphatic rings. The first kappa shape index (κ1) is 38.9. The number of benzene rings is 4. The van der Waals surface area contributed by atoms with Crippen molar-refractivity contribution in [1.29, 1.82) is 0 Å². The summed E-state index contributed by atoms with van der Waals surface area (Å²) in [5, 5.41) is 23.5. The van der Waals surface area contributed by atoms with Gasteiger partial charge in [0.25, 0.3) is 0 Å². The molecule has 0 N–H and O–H groups in total. The van der Waals surface area contributed by atoms with E-state index in [1.54, 1.807) is 0 Å². The van der Waals surface area contributed by atoms with E-state index in [-0.39, 0.29) is 36.3 Å². The number of hydrogen-bond acceptors (Lipinski definition) is 4. The minimum Gasteiger partial charge on any atom is -0.542 e. The fourth-order valence-corrected chi connectivity index (χ4v) is 8.59. The predicted molar refractivity (Wildman–Crippen MR) is 155 cm³/mol. The summed E-state index contributed by atoms with van der Waals surface area (Å²) in [6, 6.07) is 44.3. The van der Waals surface area contributed by atoms with Crippen LogP contribution in [0, 0.1) is 0 Å². The standard InChI is InChI=1S/C27H26P2.2C2HF3O2.Pd/c1-5-14-24(15-6-1)28(25-16-7-2-8-17-25)22-13-23-29(26-18-9-3-10-19-26)27-20-11-4-12-21-27;2*3-2(4,5)1(6)7;/h1-12,14-21H,13,22-23H2;2*(H,6,7);/q;;;+2/p-2. The second kappa shape index (κ2) is 19.3. The van der Waals surface area contributed by atoms with Crippen LogP contribution in [0.5, 0.6) is 0 Å². The van der Waals surface area contributed by atoms with Gasteiger partial charge in [0.05, 0.1) is 0 Å². The largest absolute Gasteiger partial charge is 2.00 e. The predicted octanol–water partition coefficient (Wildman–Crippen LogP) is 4.24. The number of carboxylic acids is 2. The van der Waals surface area contributed by atoms with Crippen LogP contribution in [-0.4, -0.2) is 36.6 Å². The Labute approximate surface area is 267 Å². The van der Waals surface area contributed by atoms with Crippen molar-refractivity contribution in [2.75, 3.05) is 12.3 Å². The number of hydrogen-bond donors (Lipinski definition) is 0. The van der Waals surface area contributed by atoms with Gasteiger partial charge in [-0.25, -0.2) is 0 Å². The van der Waals surface area contributed by atoms with Crippen molar-refractivity contribution in [3.63, 3.8) is 0 Å². The van der Waals surface area contributed by atoms with Gasteiger partial charge in [-0.15, -0.1) is 0 Å². The van der Waals surface area contributed by atoms with Crippen LogP contribution in [0.25, 0.3) is 0 Å². The Bertz CT molecular complexity index is 1190. The van der Waals surface area contributed by atoms with Crippen molar-refractivity contribution in [3.8, 4) is 0 Å². The van der Waals surface area contributed by atoms with E-state index in [4.69, 9.17) is 19.8 Å². The van der Waals surface area contributed by atoms with Crippen molar-refractivity contribution in [3.05, 3.63) is 121 Å². The third kappa shape index (κ3) is 14.1. The van der Waals surface area contributed by atoms with E-state index in [1.165, 1.54) is 40.0 Å². The molecule has 4 aromatic rings. The number of carboxylic acid groups (broad SMARTS) is 2. The summed E-state index contributed by atoms with van der Waals surface area (Å²) in [6.07, 6.45) is -6.67. The zero-order chi connectivity index (χ0) is 31.9. The quantitative estimate of drug-likeness (QED) is 0.154. The smallest absolute Gasteiger partial charge is 0.542 e. The zero-order valence-corrected chi connectivity index (χ0v) is 26.1. The van der Waals surface area contributed by atoms with Gasteiger partial charge in [0.15, 0.2) is 0 Å². The molecule has 0 bridgehead atoms. The van der Waals surface area contributed by atoms with Crippen LogP contribution >= 0.6 is 15.8 Å². The van der Waals surface area contributed by atoms with Gasteiger partial charge in [-0.1, -0.05) is 121 Å². The number of halogens is 6. The van der Waals surface area contributed by atoms with Gasteiger partial charge in [0.1, 0.15) is 11.9 Å². The van der Waals surface area contributed by atoms with Crippen molar-refractivity contribution in [1.82, 2.24) is 0 Å². The van der Waals surface area contributed by atoms with E-state index >= 15 is 0 Å². The van der Waals surface area contributed by atoms with Crippen LogP contribution in [0.1, 0.15) is 6.42 Å². The molecule has 0 aliphatic heterocycles. The third-order valence-electron chi connectivity index (χ3n) is 5.50. The molecular weight excluding hydrogens is 719 g/mol. The number of carbonyl (C=O) groups is 2. The maximum atomic E-state index is 10.5. The molecule has 0 saturated carbocycles. The third-order valence-corrected chi connectivity index (χ3v) is 10.7. The SMILES string of the molecule is O=C([O-])C(F)(F)F.O=C([O-])C(F)(F)F.[Pd+2].c1ccc(P(CCCP(c2ccccc2)c2ccccc2)c2ccccc2)cc1. The summed E-state index contributed by atoms with van der Waals surface area (Å²) < 4.78 is 63.1. The molecule has 4 aromatic carbocycles. The molecule has 0 radical (unpaired) electrons. The van der Waals surface area contributed by atoms with Gasteiger partial charge in [-0.2, -0.15) is 26.3 Å². The summed E-state index contributed by atoms with van der Waals surface area (Å²) in [5.74, 6) is -6.01. The van der Waals surface area contributed by atoms with Crippen molar-refractivity contribution < 1.29 is 66.6 Å². The molecule has 0 atom stereocenters. The summed E-state index contributed by atoms with van der Waals surface area (Å²) in [4.78, 5) is 17.6. The second-order valence-corrected chi connectivity index (χ2v) is 13.2. The fourth-order valence-electron chi connectivity index (χ4n) is 3.63. The van der Waals surface area contributed by atoms with Crippen molar-refractivity contribution in [2.24, 2.45) is 0 Å². The number of carbonyl (C=O) groups excluding carboxylic acids is 2. The van der Waals surface area contributed by atoms with E-state index in [9.17, 15) is 26.3 Å². The van der Waals surface area contributed by atoms with E-state index < -0.39 is 24.3 Å². The van der Waals surface area contributed by atoms with Gasteiger partial charge in [0, 0.05) is 0 Å². The molecule has 0 aromatic heterocycles. The van der Waals surface area contributed by atoms with Gasteiger partial charge in [-0.3, -0.25) is 0 Å². The molecule has 0 heterocycles. The van der Waals surface area contributed by atoms with Crippen LogP contribution in [0.3, 0.4) is 0 Å². The molecule has 0 spiro atoms. The van der Waals surface area contributed by atoms with Crippen LogP contribution in [0.4, 0.5) is 26.3 Å². The Kier molecular flexibility index (Phi) is 17.1. The molecule has 236 valence electrons. The monoisotopic (exact) mass is 744 g/mol. The minimum atomic E-state index is -5.19. The van der Waals surface area contributed by atoms with Gasteiger partial charge in [-0.05, 0) is 55.8 Å². The van der Waals surface area contributed by atoms with Gasteiger partial charge >= 0.3 is 32.8 Å². The zero-order valence-electron chi connectivity index (χ0n) is 22.8. The summed E-state index contributed by atoms with van der Waals surface area (Å²) in [6.45, 7) is 0. The molecule has 0 amide bonds. The Morgan fingerprint density at radius 3 is 0.818 bits per heavy atom. The number of rotatable bonds is 8. The molecule has 0 unspecified atom stereocenters. The van der Waals surface area contributed by atoms with Crippen LogP contribution in [-0.2, 0) is 30.0 Å². The van der Waals surface area contributed by atoms with E-state index in [2.05, 4.69) is 121 Å². The topological polar surface area (TPSA) is 80.3 Å². The Hall–Kier alpha value is -3.08. The van der Waals surface area contributed by atoms with Crippen molar-refractivity contribution in [2.45, 2.75) is 18.8 Å². The fraction of sp³-hybridized carbons (Fsp3) is 0.161. The molecule has 0 aliphatic carbocycles. The van der Waals surface area contributed by atoms with Crippen LogP contribution in [0.2, 0.25) is 0 Å². The average Bonchev–Trinajstić information content (AvgIpc) is 2.99.